The maximum absolute atomic E-state index is 12.8. The molecule has 0 atom stereocenters. The van der Waals surface area contributed by atoms with E-state index in [1.165, 1.54) is 0 Å². The van der Waals surface area contributed by atoms with Crippen molar-refractivity contribution < 1.29 is 14.1 Å². The number of hydrogen-bond acceptors (Lipinski definition) is 9. The number of hydrogen-bond donors (Lipinski definition) is 0. The Morgan fingerprint density at radius 3 is 2.63 bits per heavy atom. The van der Waals surface area contributed by atoms with Gasteiger partial charge in [0.1, 0.15) is 0 Å². The van der Waals surface area contributed by atoms with Crippen LogP contribution in [0.2, 0.25) is 0 Å². The monoisotopic (exact) mass is 426 g/mol. The Hall–Kier alpha value is -2.98. The number of carbonyl (C=O) groups excluding carboxylic acids is 1. The smallest absolute Gasteiger partial charge is 0.276 e. The van der Waals surface area contributed by atoms with E-state index in [0.717, 1.165) is 42.7 Å². The van der Waals surface area contributed by atoms with Crippen molar-refractivity contribution in [3.8, 4) is 10.6 Å². The molecule has 0 saturated carbocycles. The summed E-state index contributed by atoms with van der Waals surface area (Å²) in [5, 5.41) is 14.4. The first-order valence-corrected chi connectivity index (χ1v) is 10.9. The van der Waals surface area contributed by atoms with Crippen LogP contribution in [0.4, 0.5) is 11.5 Å². The molecule has 30 heavy (non-hydrogen) atoms. The van der Waals surface area contributed by atoms with E-state index in [9.17, 15) is 4.79 Å². The van der Waals surface area contributed by atoms with E-state index < -0.39 is 0 Å². The fraction of sp³-hybridized carbons (Fsp3) is 0.400. The number of aromatic nitrogens is 3. The number of piperazine rings is 1. The lowest BCUT2D eigenvalue weighted by molar-refractivity contribution is 0.0736. The van der Waals surface area contributed by atoms with E-state index in [2.05, 4.69) is 31.2 Å². The third-order valence-electron chi connectivity index (χ3n) is 5.39. The molecule has 5 rings (SSSR count). The van der Waals surface area contributed by atoms with Crippen LogP contribution in [0.3, 0.4) is 0 Å². The number of carbonyl (C=O) groups is 1. The van der Waals surface area contributed by atoms with Gasteiger partial charge >= 0.3 is 0 Å². The second kappa shape index (κ2) is 8.41. The summed E-state index contributed by atoms with van der Waals surface area (Å²) in [4.78, 5) is 20.0. The number of thiophene rings is 1. The highest BCUT2D eigenvalue weighted by Crippen LogP contribution is 2.26. The second-order valence-electron chi connectivity index (χ2n) is 7.20. The summed E-state index contributed by atoms with van der Waals surface area (Å²) in [6.45, 7) is 5.78. The van der Waals surface area contributed by atoms with Crippen molar-refractivity contribution in [1.82, 2.24) is 20.3 Å². The topological polar surface area (TPSA) is 87.8 Å². The maximum Gasteiger partial charge on any atom is 0.276 e. The third-order valence-corrected chi connectivity index (χ3v) is 6.27. The zero-order chi connectivity index (χ0) is 20.3. The zero-order valence-corrected chi connectivity index (χ0v) is 17.3. The fourth-order valence-corrected chi connectivity index (χ4v) is 4.38. The molecule has 0 radical (unpaired) electrons. The standard InChI is InChI=1S/C20H22N6O3S/c27-20(16-13-17(29-23-16)18-2-1-11-30-18)26-5-3-25(4-6-26)19-12-15(14-21-22-19)24-7-9-28-10-8-24/h1-2,11-14H,3-10H2. The van der Waals surface area contributed by atoms with Gasteiger partial charge in [0.05, 0.1) is 30.0 Å². The first-order valence-electron chi connectivity index (χ1n) is 9.98. The second-order valence-corrected chi connectivity index (χ2v) is 8.15. The van der Waals surface area contributed by atoms with Crippen molar-refractivity contribution in [2.24, 2.45) is 0 Å². The molecular weight excluding hydrogens is 404 g/mol. The molecule has 2 aliphatic rings. The summed E-state index contributed by atoms with van der Waals surface area (Å²) in [6, 6.07) is 7.68. The summed E-state index contributed by atoms with van der Waals surface area (Å²) in [7, 11) is 0. The highest BCUT2D eigenvalue weighted by molar-refractivity contribution is 7.13. The Kier molecular flexibility index (Phi) is 5.33. The first-order chi connectivity index (χ1) is 14.8. The van der Waals surface area contributed by atoms with Crippen LogP contribution in [0, 0.1) is 0 Å². The van der Waals surface area contributed by atoms with Gasteiger partial charge < -0.3 is 24.0 Å². The van der Waals surface area contributed by atoms with E-state index >= 15 is 0 Å². The molecule has 3 aromatic heterocycles. The Bertz CT molecular complexity index is 994. The van der Waals surface area contributed by atoms with E-state index in [1.54, 1.807) is 23.6 Å². The molecule has 156 valence electrons. The van der Waals surface area contributed by atoms with Gasteiger partial charge in [-0.2, -0.15) is 5.10 Å². The van der Waals surface area contributed by atoms with Crippen LogP contribution >= 0.6 is 11.3 Å². The molecule has 0 spiro atoms. The van der Waals surface area contributed by atoms with Gasteiger partial charge in [-0.05, 0) is 11.4 Å². The minimum absolute atomic E-state index is 0.102. The maximum atomic E-state index is 12.8. The number of rotatable bonds is 4. The molecule has 2 aliphatic heterocycles. The third kappa shape index (κ3) is 3.88. The minimum atomic E-state index is -0.102. The molecule has 3 aromatic rings. The van der Waals surface area contributed by atoms with E-state index in [4.69, 9.17) is 9.26 Å². The largest absolute Gasteiger partial charge is 0.378 e. The van der Waals surface area contributed by atoms with Crippen LogP contribution in [0.1, 0.15) is 10.5 Å². The Balaban J connectivity index is 1.22. The lowest BCUT2D eigenvalue weighted by atomic mass is 10.2. The van der Waals surface area contributed by atoms with Gasteiger partial charge in [-0.15, -0.1) is 16.4 Å². The average Bonchev–Trinajstić information content (AvgIpc) is 3.52. The Labute approximate surface area is 177 Å². The molecule has 2 fully saturated rings. The zero-order valence-electron chi connectivity index (χ0n) is 16.4. The van der Waals surface area contributed by atoms with Crippen molar-refractivity contribution in [3.63, 3.8) is 0 Å². The molecule has 0 N–H and O–H groups in total. The molecule has 1 amide bonds. The van der Waals surface area contributed by atoms with Gasteiger partial charge in [-0.3, -0.25) is 4.79 Å². The predicted octanol–water partition coefficient (Wildman–Crippen LogP) is 1.99. The van der Waals surface area contributed by atoms with Crippen molar-refractivity contribution in [2.75, 3.05) is 62.3 Å². The highest BCUT2D eigenvalue weighted by atomic mass is 32.1. The van der Waals surface area contributed by atoms with Gasteiger partial charge in [-0.1, -0.05) is 11.2 Å². The van der Waals surface area contributed by atoms with E-state index in [-0.39, 0.29) is 5.91 Å². The molecule has 2 saturated heterocycles. The molecule has 5 heterocycles. The van der Waals surface area contributed by atoms with Gasteiger partial charge in [0, 0.05) is 51.4 Å². The van der Waals surface area contributed by atoms with Crippen molar-refractivity contribution in [3.05, 3.63) is 41.5 Å². The van der Waals surface area contributed by atoms with E-state index in [0.29, 0.717) is 37.6 Å². The average molecular weight is 427 g/mol. The molecule has 9 nitrogen and oxygen atoms in total. The quantitative estimate of drug-likeness (QED) is 0.626. The Morgan fingerprint density at radius 1 is 1.03 bits per heavy atom. The van der Waals surface area contributed by atoms with Crippen LogP contribution in [-0.4, -0.2) is 78.6 Å². The van der Waals surface area contributed by atoms with Gasteiger partial charge in [-0.25, -0.2) is 0 Å². The fourth-order valence-electron chi connectivity index (χ4n) is 3.71. The lowest BCUT2D eigenvalue weighted by Gasteiger charge is -2.35. The van der Waals surface area contributed by atoms with Gasteiger partial charge in [0.25, 0.3) is 5.91 Å². The molecule has 10 heteroatoms. The molecule has 0 aromatic carbocycles. The van der Waals surface area contributed by atoms with Gasteiger partial charge in [0.2, 0.25) is 0 Å². The number of nitrogens with zero attached hydrogens (tertiary/aromatic N) is 6. The summed E-state index contributed by atoms with van der Waals surface area (Å²) in [5.74, 6) is 1.36. The lowest BCUT2D eigenvalue weighted by Crippen LogP contribution is -2.49. The van der Waals surface area contributed by atoms with Crippen molar-refractivity contribution >= 4 is 28.7 Å². The number of amides is 1. The molecule has 0 aliphatic carbocycles. The summed E-state index contributed by atoms with van der Waals surface area (Å²) >= 11 is 1.56. The predicted molar refractivity (Wildman–Crippen MR) is 113 cm³/mol. The van der Waals surface area contributed by atoms with Crippen molar-refractivity contribution in [1.29, 1.82) is 0 Å². The summed E-state index contributed by atoms with van der Waals surface area (Å²) in [5.41, 5.74) is 1.41. The number of morpholine rings is 1. The SMILES string of the molecule is O=C(c1cc(-c2cccs2)on1)N1CCN(c2cc(N3CCOCC3)cnn2)CC1. The van der Waals surface area contributed by atoms with Crippen LogP contribution < -0.4 is 9.80 Å². The van der Waals surface area contributed by atoms with Crippen LogP contribution in [0.25, 0.3) is 10.6 Å². The van der Waals surface area contributed by atoms with Crippen molar-refractivity contribution in [2.45, 2.75) is 0 Å². The number of ether oxygens (including phenoxy) is 1. The van der Waals surface area contributed by atoms with Crippen LogP contribution in [0.15, 0.2) is 40.4 Å². The van der Waals surface area contributed by atoms with Crippen LogP contribution in [0.5, 0.6) is 0 Å². The molecule has 0 bridgehead atoms. The molecular formula is C20H22N6O3S. The highest BCUT2D eigenvalue weighted by Gasteiger charge is 2.26. The molecule has 0 unspecified atom stereocenters. The first kappa shape index (κ1) is 19.0. The minimum Gasteiger partial charge on any atom is -0.378 e. The summed E-state index contributed by atoms with van der Waals surface area (Å²) < 4.78 is 10.8. The van der Waals surface area contributed by atoms with Gasteiger partial charge in [0.15, 0.2) is 17.3 Å². The van der Waals surface area contributed by atoms with E-state index in [1.807, 2.05) is 22.4 Å². The summed E-state index contributed by atoms with van der Waals surface area (Å²) in [6.07, 6.45) is 1.80. The normalized spacial score (nSPS) is 17.4. The van der Waals surface area contributed by atoms with Crippen LogP contribution in [-0.2, 0) is 4.74 Å². The Morgan fingerprint density at radius 2 is 1.87 bits per heavy atom. The number of anilines is 2.